The molecular formula is C19H16BrF3N2O2S. The molecule has 0 atom stereocenters. The maximum Gasteiger partial charge on any atom is 0.416 e. The monoisotopic (exact) mass is 472 g/mol. The molecule has 9 heteroatoms. The molecule has 0 bridgehead atoms. The molecule has 0 aliphatic carbocycles. The van der Waals surface area contributed by atoms with Gasteiger partial charge in [-0.15, -0.1) is 11.3 Å². The van der Waals surface area contributed by atoms with E-state index in [2.05, 4.69) is 20.9 Å². The number of benzene rings is 2. The predicted molar refractivity (Wildman–Crippen MR) is 106 cm³/mol. The lowest BCUT2D eigenvalue weighted by Crippen LogP contribution is -2.18. The molecule has 0 saturated carbocycles. The molecule has 148 valence electrons. The van der Waals surface area contributed by atoms with Crippen LogP contribution in [0.5, 0.6) is 5.75 Å². The highest BCUT2D eigenvalue weighted by molar-refractivity contribution is 9.10. The van der Waals surface area contributed by atoms with Gasteiger partial charge in [0.15, 0.2) is 4.80 Å². The third-order valence-electron chi connectivity index (χ3n) is 3.97. The summed E-state index contributed by atoms with van der Waals surface area (Å²) in [5.41, 5.74) is 1.11. The lowest BCUT2D eigenvalue weighted by Gasteiger charge is -2.10. The highest BCUT2D eigenvalue weighted by atomic mass is 79.9. The van der Waals surface area contributed by atoms with Gasteiger partial charge in [-0.2, -0.15) is 13.2 Å². The highest BCUT2D eigenvalue weighted by Gasteiger charge is 2.30. The third kappa shape index (κ3) is 4.48. The quantitative estimate of drug-likeness (QED) is 0.552. The van der Waals surface area contributed by atoms with Gasteiger partial charge in [0.25, 0.3) is 0 Å². The number of aliphatic hydroxyl groups excluding tert-OH is 1. The number of thiazole rings is 1. The van der Waals surface area contributed by atoms with Gasteiger partial charge in [0, 0.05) is 17.5 Å². The van der Waals surface area contributed by atoms with Crippen LogP contribution in [-0.2, 0) is 12.7 Å². The number of hydrogen-bond donors (Lipinski definition) is 1. The van der Waals surface area contributed by atoms with Crippen LogP contribution in [0.1, 0.15) is 5.56 Å². The van der Waals surface area contributed by atoms with Crippen molar-refractivity contribution in [2.24, 2.45) is 4.99 Å². The first-order valence-electron chi connectivity index (χ1n) is 8.18. The van der Waals surface area contributed by atoms with Crippen LogP contribution in [0.25, 0.3) is 11.3 Å². The first-order chi connectivity index (χ1) is 13.3. The number of methoxy groups -OCH3 is 1. The smallest absolute Gasteiger partial charge is 0.416 e. The molecule has 3 rings (SSSR count). The Hall–Kier alpha value is -2.10. The number of alkyl halides is 3. The van der Waals surface area contributed by atoms with E-state index in [1.807, 2.05) is 23.6 Å². The van der Waals surface area contributed by atoms with Gasteiger partial charge in [-0.05, 0) is 52.3 Å². The minimum atomic E-state index is -4.43. The van der Waals surface area contributed by atoms with E-state index < -0.39 is 11.7 Å². The standard InChI is InChI=1S/C19H16BrF3N2O2S/c1-27-17-6-5-12(9-15(17)20)16-11-28-18(25(16)7-8-26)24-14-4-2-3-13(10-14)19(21,22)23/h2-6,9-11,26H,7-8H2,1H3. The third-order valence-corrected chi connectivity index (χ3v) is 5.45. The summed E-state index contributed by atoms with van der Waals surface area (Å²) < 4.78 is 46.6. The van der Waals surface area contributed by atoms with E-state index in [0.29, 0.717) is 10.6 Å². The average Bonchev–Trinajstić information content (AvgIpc) is 3.04. The second kappa shape index (κ2) is 8.50. The summed E-state index contributed by atoms with van der Waals surface area (Å²) >= 11 is 4.74. The maximum atomic E-state index is 12.9. The van der Waals surface area contributed by atoms with Crippen LogP contribution in [0.4, 0.5) is 18.9 Å². The number of aromatic nitrogens is 1. The zero-order valence-electron chi connectivity index (χ0n) is 14.7. The fourth-order valence-electron chi connectivity index (χ4n) is 2.65. The van der Waals surface area contributed by atoms with E-state index >= 15 is 0 Å². The normalized spacial score (nSPS) is 12.4. The van der Waals surface area contributed by atoms with Crippen molar-refractivity contribution in [3.63, 3.8) is 0 Å². The molecule has 4 nitrogen and oxygen atoms in total. The molecule has 0 spiro atoms. The molecule has 0 amide bonds. The summed E-state index contributed by atoms with van der Waals surface area (Å²) in [7, 11) is 1.57. The molecule has 1 heterocycles. The van der Waals surface area contributed by atoms with Crippen molar-refractivity contribution in [3.05, 3.63) is 62.7 Å². The Labute approximate surface area is 171 Å². The highest BCUT2D eigenvalue weighted by Crippen LogP contribution is 2.32. The van der Waals surface area contributed by atoms with Crippen LogP contribution in [-0.4, -0.2) is 23.4 Å². The van der Waals surface area contributed by atoms with Crippen molar-refractivity contribution in [1.82, 2.24) is 4.57 Å². The summed E-state index contributed by atoms with van der Waals surface area (Å²) in [5, 5.41) is 11.3. The molecule has 2 aromatic carbocycles. The number of nitrogens with zero attached hydrogens (tertiary/aromatic N) is 2. The first kappa shape index (κ1) is 20.6. The molecule has 0 radical (unpaired) electrons. The predicted octanol–water partition coefficient (Wildman–Crippen LogP) is 5.23. The van der Waals surface area contributed by atoms with E-state index in [1.54, 1.807) is 11.7 Å². The Kier molecular flexibility index (Phi) is 6.26. The van der Waals surface area contributed by atoms with Crippen molar-refractivity contribution < 1.29 is 23.0 Å². The van der Waals surface area contributed by atoms with E-state index in [1.165, 1.54) is 23.5 Å². The Morgan fingerprint density at radius 1 is 1.21 bits per heavy atom. The maximum absolute atomic E-state index is 12.9. The molecular weight excluding hydrogens is 457 g/mol. The van der Waals surface area contributed by atoms with Crippen LogP contribution >= 0.6 is 27.3 Å². The zero-order valence-corrected chi connectivity index (χ0v) is 17.1. The van der Waals surface area contributed by atoms with E-state index in [0.717, 1.165) is 27.9 Å². The molecule has 0 unspecified atom stereocenters. The minimum absolute atomic E-state index is 0.128. The number of ether oxygens (including phenoxy) is 1. The zero-order chi connectivity index (χ0) is 20.3. The summed E-state index contributed by atoms with van der Waals surface area (Å²) in [6.07, 6.45) is -4.43. The Morgan fingerprint density at radius 2 is 2.00 bits per heavy atom. The molecule has 28 heavy (non-hydrogen) atoms. The minimum Gasteiger partial charge on any atom is -0.496 e. The Morgan fingerprint density at radius 3 is 2.64 bits per heavy atom. The van der Waals surface area contributed by atoms with Gasteiger partial charge in [0.05, 0.1) is 35.1 Å². The van der Waals surface area contributed by atoms with Crippen molar-refractivity contribution in [2.45, 2.75) is 12.7 Å². The summed E-state index contributed by atoms with van der Waals surface area (Å²) in [4.78, 5) is 4.87. The molecule has 0 fully saturated rings. The van der Waals surface area contributed by atoms with Crippen molar-refractivity contribution in [1.29, 1.82) is 0 Å². The van der Waals surface area contributed by atoms with Gasteiger partial charge in [0.2, 0.25) is 0 Å². The molecule has 1 N–H and O–H groups in total. The van der Waals surface area contributed by atoms with Crippen LogP contribution < -0.4 is 9.54 Å². The molecule has 0 aliphatic heterocycles. The molecule has 0 aliphatic rings. The fraction of sp³-hybridized carbons (Fsp3) is 0.211. The Balaban J connectivity index is 2.09. The van der Waals surface area contributed by atoms with Gasteiger partial charge >= 0.3 is 6.18 Å². The van der Waals surface area contributed by atoms with Crippen molar-refractivity contribution in [3.8, 4) is 17.0 Å². The second-order valence-electron chi connectivity index (χ2n) is 5.79. The van der Waals surface area contributed by atoms with E-state index in [4.69, 9.17) is 4.74 Å². The van der Waals surface area contributed by atoms with E-state index in [9.17, 15) is 18.3 Å². The van der Waals surface area contributed by atoms with Gasteiger partial charge in [0.1, 0.15) is 5.75 Å². The van der Waals surface area contributed by atoms with Crippen molar-refractivity contribution in [2.75, 3.05) is 13.7 Å². The number of aliphatic hydroxyl groups is 1. The molecule has 0 saturated heterocycles. The molecule has 1 aromatic heterocycles. The first-order valence-corrected chi connectivity index (χ1v) is 9.86. The van der Waals surface area contributed by atoms with Crippen LogP contribution in [0.15, 0.2) is 57.3 Å². The summed E-state index contributed by atoms with van der Waals surface area (Å²) in [6.45, 7) is 0.136. The summed E-state index contributed by atoms with van der Waals surface area (Å²) in [5.74, 6) is 0.682. The number of halogens is 4. The van der Waals surface area contributed by atoms with E-state index in [-0.39, 0.29) is 18.8 Å². The topological polar surface area (TPSA) is 46.8 Å². The largest absolute Gasteiger partial charge is 0.496 e. The van der Waals surface area contributed by atoms with Gasteiger partial charge in [-0.25, -0.2) is 4.99 Å². The van der Waals surface area contributed by atoms with Crippen LogP contribution in [0.2, 0.25) is 0 Å². The van der Waals surface area contributed by atoms with Crippen LogP contribution in [0.3, 0.4) is 0 Å². The Bertz CT molecular complexity index is 1040. The number of hydrogen-bond acceptors (Lipinski definition) is 4. The molecule has 3 aromatic rings. The van der Waals surface area contributed by atoms with Crippen molar-refractivity contribution >= 4 is 33.0 Å². The van der Waals surface area contributed by atoms with Gasteiger partial charge < -0.3 is 14.4 Å². The SMILES string of the molecule is COc1ccc(-c2csc(=Nc3cccc(C(F)(F)F)c3)n2CCO)cc1Br. The lowest BCUT2D eigenvalue weighted by atomic mass is 10.1. The summed E-state index contributed by atoms with van der Waals surface area (Å²) in [6, 6.07) is 10.4. The fourth-order valence-corrected chi connectivity index (χ4v) is 4.15. The lowest BCUT2D eigenvalue weighted by molar-refractivity contribution is -0.137. The average molecular weight is 473 g/mol. The van der Waals surface area contributed by atoms with Gasteiger partial charge in [-0.3, -0.25) is 0 Å². The number of rotatable bonds is 5. The van der Waals surface area contributed by atoms with Gasteiger partial charge in [-0.1, -0.05) is 6.07 Å². The van der Waals surface area contributed by atoms with Crippen LogP contribution in [0, 0.1) is 0 Å². The second-order valence-corrected chi connectivity index (χ2v) is 7.48.